The number of alkyl halides is 3. The Kier molecular flexibility index (Phi) is 6.94. The summed E-state index contributed by atoms with van der Waals surface area (Å²) in [5, 5.41) is 3.20. The molecular formula is C24H28F4N2O3S. The van der Waals surface area contributed by atoms with Crippen LogP contribution < -0.4 is 10.1 Å². The second kappa shape index (κ2) is 9.47. The number of nitrogens with one attached hydrogen (secondary N) is 1. The van der Waals surface area contributed by atoms with Gasteiger partial charge in [0.2, 0.25) is 10.0 Å². The predicted molar refractivity (Wildman–Crippen MR) is 121 cm³/mol. The fraction of sp³-hybridized carbons (Fsp3) is 0.500. The molecule has 2 atom stereocenters. The molecule has 0 radical (unpaired) electrons. The van der Waals surface area contributed by atoms with Gasteiger partial charge in [0.1, 0.15) is 6.61 Å². The third-order valence-corrected chi connectivity index (χ3v) is 7.88. The zero-order valence-corrected chi connectivity index (χ0v) is 19.8. The average Bonchev–Trinajstić information content (AvgIpc) is 3.53. The van der Waals surface area contributed by atoms with Crippen LogP contribution in [0, 0.1) is 5.82 Å². The summed E-state index contributed by atoms with van der Waals surface area (Å²) >= 11 is 0. The molecule has 0 heterocycles. The summed E-state index contributed by atoms with van der Waals surface area (Å²) in [5.74, 6) is -0.676. The Hall–Kier alpha value is -2.17. The van der Waals surface area contributed by atoms with Gasteiger partial charge in [-0.15, -0.1) is 0 Å². The fourth-order valence-corrected chi connectivity index (χ4v) is 5.91. The van der Waals surface area contributed by atoms with E-state index in [9.17, 15) is 26.0 Å². The maximum absolute atomic E-state index is 14.7. The molecule has 2 aliphatic carbocycles. The van der Waals surface area contributed by atoms with Crippen LogP contribution in [0.25, 0.3) is 0 Å². The van der Waals surface area contributed by atoms with Gasteiger partial charge in [0, 0.05) is 24.5 Å². The number of benzene rings is 2. The molecule has 0 amide bonds. The SMILES string of the molecule is CNC1Cc2cc(F)c(OCCN(C3CC3)S(C)(=O)=O)cc2C1Cc1cccc(C(F)(F)F)c1. The lowest BCUT2D eigenvalue weighted by Gasteiger charge is -2.22. The second-order valence-corrected chi connectivity index (χ2v) is 11.0. The van der Waals surface area contributed by atoms with E-state index < -0.39 is 27.6 Å². The summed E-state index contributed by atoms with van der Waals surface area (Å²) < 4.78 is 85.2. The van der Waals surface area contributed by atoms with Crippen molar-refractivity contribution < 1.29 is 30.7 Å². The van der Waals surface area contributed by atoms with E-state index in [1.54, 1.807) is 19.2 Å². The molecule has 4 rings (SSSR count). The highest BCUT2D eigenvalue weighted by atomic mass is 32.2. The number of fused-ring (bicyclic) bond motifs is 1. The maximum Gasteiger partial charge on any atom is 0.416 e. The summed E-state index contributed by atoms with van der Waals surface area (Å²) in [6, 6.07) is 8.21. The van der Waals surface area contributed by atoms with Crippen LogP contribution in [0.1, 0.15) is 41.0 Å². The van der Waals surface area contributed by atoms with Gasteiger partial charge in [-0.3, -0.25) is 0 Å². The van der Waals surface area contributed by atoms with Crippen molar-refractivity contribution in [1.82, 2.24) is 9.62 Å². The van der Waals surface area contributed by atoms with Crippen LogP contribution in [0.4, 0.5) is 17.6 Å². The van der Waals surface area contributed by atoms with E-state index in [4.69, 9.17) is 4.74 Å². The summed E-state index contributed by atoms with van der Waals surface area (Å²) in [5.41, 5.74) is 1.47. The molecular weight excluding hydrogens is 472 g/mol. The lowest BCUT2D eigenvalue weighted by Crippen LogP contribution is -2.35. The van der Waals surface area contributed by atoms with Crippen LogP contribution in [0.2, 0.25) is 0 Å². The van der Waals surface area contributed by atoms with Gasteiger partial charge in [-0.25, -0.2) is 12.8 Å². The largest absolute Gasteiger partial charge is 0.489 e. The molecule has 2 aliphatic rings. The smallest absolute Gasteiger partial charge is 0.416 e. The lowest BCUT2D eigenvalue weighted by molar-refractivity contribution is -0.137. The zero-order valence-electron chi connectivity index (χ0n) is 19.0. The maximum atomic E-state index is 14.7. The predicted octanol–water partition coefficient (Wildman–Crippen LogP) is 4.12. The van der Waals surface area contributed by atoms with Crippen molar-refractivity contribution in [2.24, 2.45) is 0 Å². The summed E-state index contributed by atoms with van der Waals surface area (Å²) in [4.78, 5) is 0. The minimum Gasteiger partial charge on any atom is -0.489 e. The van der Waals surface area contributed by atoms with Crippen LogP contribution >= 0.6 is 0 Å². The molecule has 0 aliphatic heterocycles. The highest BCUT2D eigenvalue weighted by molar-refractivity contribution is 7.88. The van der Waals surface area contributed by atoms with Crippen molar-refractivity contribution >= 4 is 10.0 Å². The molecule has 1 N–H and O–H groups in total. The highest BCUT2D eigenvalue weighted by Gasteiger charge is 2.36. The van der Waals surface area contributed by atoms with Crippen molar-refractivity contribution in [3.05, 3.63) is 64.5 Å². The second-order valence-electron chi connectivity index (χ2n) is 9.04. The Morgan fingerprint density at radius 1 is 1.18 bits per heavy atom. The summed E-state index contributed by atoms with van der Waals surface area (Å²) in [7, 11) is -1.59. The van der Waals surface area contributed by atoms with Crippen molar-refractivity contribution in [1.29, 1.82) is 0 Å². The van der Waals surface area contributed by atoms with E-state index in [0.29, 0.717) is 18.4 Å². The third-order valence-electron chi connectivity index (χ3n) is 6.55. The molecule has 2 aromatic carbocycles. The Balaban J connectivity index is 1.53. The minimum atomic E-state index is -4.42. The van der Waals surface area contributed by atoms with Crippen molar-refractivity contribution in [3.63, 3.8) is 0 Å². The van der Waals surface area contributed by atoms with Crippen molar-refractivity contribution in [2.45, 2.75) is 49.9 Å². The van der Waals surface area contributed by atoms with Gasteiger partial charge in [-0.05, 0) is 67.6 Å². The molecule has 2 aromatic rings. The molecule has 0 aromatic heterocycles. The zero-order chi connectivity index (χ0) is 24.7. The van der Waals surface area contributed by atoms with E-state index in [1.807, 2.05) is 0 Å². The number of sulfonamides is 1. The molecule has 0 saturated heterocycles. The first-order chi connectivity index (χ1) is 16.0. The molecule has 2 unspecified atom stereocenters. The van der Waals surface area contributed by atoms with E-state index in [2.05, 4.69) is 5.32 Å². The Morgan fingerprint density at radius 3 is 2.53 bits per heavy atom. The third kappa shape index (κ3) is 5.55. The van der Waals surface area contributed by atoms with Gasteiger partial charge in [0.15, 0.2) is 11.6 Å². The Morgan fingerprint density at radius 2 is 1.91 bits per heavy atom. The van der Waals surface area contributed by atoms with Gasteiger partial charge >= 0.3 is 6.18 Å². The fourth-order valence-electron chi connectivity index (χ4n) is 4.75. The minimum absolute atomic E-state index is 0.00697. The molecule has 34 heavy (non-hydrogen) atoms. The number of likely N-dealkylation sites (N-methyl/N-ethyl adjacent to an activating group) is 1. The summed E-state index contributed by atoms with van der Waals surface area (Å²) in [6.45, 7) is 0.139. The first-order valence-corrected chi connectivity index (χ1v) is 13.1. The molecule has 1 fully saturated rings. The number of halogens is 4. The lowest BCUT2D eigenvalue weighted by atomic mass is 9.90. The van der Waals surface area contributed by atoms with E-state index in [1.165, 1.54) is 16.4 Å². The van der Waals surface area contributed by atoms with E-state index in [0.717, 1.165) is 42.4 Å². The first kappa shape index (κ1) is 24.9. The average molecular weight is 501 g/mol. The molecule has 10 heteroatoms. The number of nitrogens with zero attached hydrogens (tertiary/aromatic N) is 1. The first-order valence-electron chi connectivity index (χ1n) is 11.2. The van der Waals surface area contributed by atoms with Crippen molar-refractivity contribution in [2.75, 3.05) is 26.5 Å². The number of hydrogen-bond donors (Lipinski definition) is 1. The van der Waals surface area contributed by atoms with Gasteiger partial charge in [0.25, 0.3) is 0 Å². The van der Waals surface area contributed by atoms with E-state index in [-0.39, 0.29) is 36.9 Å². The van der Waals surface area contributed by atoms with E-state index >= 15 is 0 Å². The number of rotatable bonds is 9. The molecule has 0 bridgehead atoms. The highest BCUT2D eigenvalue weighted by Crippen LogP contribution is 2.40. The number of hydrogen-bond acceptors (Lipinski definition) is 4. The quantitative estimate of drug-likeness (QED) is 0.527. The molecule has 0 spiro atoms. The van der Waals surface area contributed by atoms with Crippen LogP contribution in [0.3, 0.4) is 0 Å². The van der Waals surface area contributed by atoms with Crippen LogP contribution in [-0.2, 0) is 29.0 Å². The monoisotopic (exact) mass is 500 g/mol. The Labute approximate surface area is 197 Å². The number of ether oxygens (including phenoxy) is 1. The van der Waals surface area contributed by atoms with Gasteiger partial charge in [-0.1, -0.05) is 18.2 Å². The molecule has 5 nitrogen and oxygen atoms in total. The van der Waals surface area contributed by atoms with Gasteiger partial charge < -0.3 is 10.1 Å². The standard InChI is InChI=1S/C24H28F4N2O3S/c1-29-22-13-16-12-21(25)23(33-9-8-30(18-6-7-18)34(2,31)32)14-19(16)20(22)11-15-4-3-5-17(10-15)24(26,27)28/h3-5,10,12,14,18,20,22,29H,6-9,11,13H2,1-2H3. The summed E-state index contributed by atoms with van der Waals surface area (Å²) in [6.07, 6.45) is -0.743. The Bertz CT molecular complexity index is 1150. The van der Waals surface area contributed by atoms with Gasteiger partial charge in [-0.2, -0.15) is 17.5 Å². The molecule has 1 saturated carbocycles. The molecule has 186 valence electrons. The topological polar surface area (TPSA) is 58.6 Å². The van der Waals surface area contributed by atoms with Crippen LogP contribution in [0.15, 0.2) is 36.4 Å². The van der Waals surface area contributed by atoms with Crippen LogP contribution in [0.5, 0.6) is 5.75 Å². The normalized spacial score (nSPS) is 20.6. The van der Waals surface area contributed by atoms with Crippen molar-refractivity contribution in [3.8, 4) is 5.75 Å². The van der Waals surface area contributed by atoms with Gasteiger partial charge in [0.05, 0.1) is 11.8 Å². The van der Waals surface area contributed by atoms with Crippen LogP contribution in [-0.4, -0.2) is 51.3 Å².